The second-order valence-corrected chi connectivity index (χ2v) is 5.44. The Labute approximate surface area is 110 Å². The van der Waals surface area contributed by atoms with Gasteiger partial charge in [-0.25, -0.2) is 4.79 Å². The molecular weight excluding hydrogens is 250 g/mol. The van der Waals surface area contributed by atoms with Crippen molar-refractivity contribution in [2.24, 2.45) is 5.92 Å². The van der Waals surface area contributed by atoms with E-state index < -0.39 is 12.0 Å². The summed E-state index contributed by atoms with van der Waals surface area (Å²) >= 11 is 6.10. The molecule has 1 aliphatic heterocycles. The van der Waals surface area contributed by atoms with Crippen molar-refractivity contribution in [2.75, 3.05) is 5.32 Å². The number of carbonyl (C=O) groups is 1. The van der Waals surface area contributed by atoms with Gasteiger partial charge in [-0.1, -0.05) is 23.8 Å². The highest BCUT2D eigenvalue weighted by atomic mass is 35.5. The predicted octanol–water partition coefficient (Wildman–Crippen LogP) is 3.19. The van der Waals surface area contributed by atoms with Crippen LogP contribution in [0.5, 0.6) is 0 Å². The summed E-state index contributed by atoms with van der Waals surface area (Å²) in [6.07, 6.45) is 4.98. The summed E-state index contributed by atoms with van der Waals surface area (Å²) < 4.78 is 0. The Hall–Kier alpha value is -1.48. The van der Waals surface area contributed by atoms with Crippen LogP contribution in [0.1, 0.15) is 23.5 Å². The summed E-state index contributed by atoms with van der Waals surface area (Å²) in [6, 6.07) is 3.30. The Balaban J connectivity index is 2.14. The number of nitrogens with one attached hydrogen (secondary N) is 1. The minimum absolute atomic E-state index is 0.0906. The summed E-state index contributed by atoms with van der Waals surface area (Å²) in [7, 11) is 0. The largest absolute Gasteiger partial charge is 0.480 e. The summed E-state index contributed by atoms with van der Waals surface area (Å²) in [5, 5.41) is 13.2. The minimum atomic E-state index is -0.784. The van der Waals surface area contributed by atoms with Crippen LogP contribution in [0, 0.1) is 12.8 Å². The van der Waals surface area contributed by atoms with Crippen LogP contribution in [0.4, 0.5) is 5.69 Å². The van der Waals surface area contributed by atoms with E-state index in [9.17, 15) is 9.90 Å². The lowest BCUT2D eigenvalue weighted by Gasteiger charge is -2.35. The lowest BCUT2D eigenvalue weighted by atomic mass is 9.78. The molecule has 0 spiro atoms. The number of carboxylic acid groups (broad SMARTS) is 1. The van der Waals surface area contributed by atoms with Crippen molar-refractivity contribution in [1.82, 2.24) is 0 Å². The normalized spacial score (nSPS) is 28.4. The van der Waals surface area contributed by atoms with Crippen LogP contribution in [0.25, 0.3) is 0 Å². The number of hydrogen-bond donors (Lipinski definition) is 2. The molecule has 18 heavy (non-hydrogen) atoms. The van der Waals surface area contributed by atoms with Gasteiger partial charge in [-0.2, -0.15) is 0 Å². The van der Waals surface area contributed by atoms with E-state index in [1.54, 1.807) is 0 Å². The number of hydrogen-bond acceptors (Lipinski definition) is 2. The minimum Gasteiger partial charge on any atom is -0.480 e. The Morgan fingerprint density at radius 2 is 2.28 bits per heavy atom. The van der Waals surface area contributed by atoms with Gasteiger partial charge in [0.2, 0.25) is 0 Å². The zero-order chi connectivity index (χ0) is 12.9. The maximum Gasteiger partial charge on any atom is 0.326 e. The summed E-state index contributed by atoms with van der Waals surface area (Å²) in [5.41, 5.74) is 3.05. The number of aliphatic carboxylic acids is 1. The second-order valence-electron chi connectivity index (χ2n) is 5.00. The Morgan fingerprint density at radius 3 is 3.00 bits per heavy atom. The molecule has 1 aromatic rings. The van der Waals surface area contributed by atoms with Crippen LogP contribution in [-0.4, -0.2) is 17.1 Å². The van der Waals surface area contributed by atoms with Crippen LogP contribution in [0.3, 0.4) is 0 Å². The maximum atomic E-state index is 11.4. The van der Waals surface area contributed by atoms with Gasteiger partial charge < -0.3 is 10.4 Å². The highest BCUT2D eigenvalue weighted by molar-refractivity contribution is 6.30. The summed E-state index contributed by atoms with van der Waals surface area (Å²) in [4.78, 5) is 11.4. The Morgan fingerprint density at radius 1 is 1.50 bits per heavy atom. The number of carboxylic acids is 1. The fourth-order valence-electron chi connectivity index (χ4n) is 3.09. The average molecular weight is 264 g/mol. The fourth-order valence-corrected chi connectivity index (χ4v) is 3.37. The molecule has 0 amide bonds. The molecule has 2 aliphatic rings. The molecule has 0 radical (unpaired) electrons. The van der Waals surface area contributed by atoms with Crippen molar-refractivity contribution in [3.63, 3.8) is 0 Å². The first-order valence-electron chi connectivity index (χ1n) is 6.04. The monoisotopic (exact) mass is 263 g/mol. The maximum absolute atomic E-state index is 11.4. The molecular formula is C14H14ClNO2. The van der Waals surface area contributed by atoms with E-state index >= 15 is 0 Å². The quantitative estimate of drug-likeness (QED) is 0.765. The molecule has 3 atom stereocenters. The van der Waals surface area contributed by atoms with Crippen LogP contribution in [-0.2, 0) is 4.79 Å². The van der Waals surface area contributed by atoms with Gasteiger partial charge in [-0.15, -0.1) is 0 Å². The van der Waals surface area contributed by atoms with Gasteiger partial charge in [0, 0.05) is 22.5 Å². The molecule has 2 N–H and O–H groups in total. The van der Waals surface area contributed by atoms with E-state index in [-0.39, 0.29) is 11.8 Å². The first kappa shape index (κ1) is 11.6. The van der Waals surface area contributed by atoms with Gasteiger partial charge in [-0.3, -0.25) is 0 Å². The number of benzene rings is 1. The molecule has 1 heterocycles. The molecule has 0 saturated heterocycles. The van der Waals surface area contributed by atoms with Crippen molar-refractivity contribution in [1.29, 1.82) is 0 Å². The second kappa shape index (κ2) is 4.02. The fraction of sp³-hybridized carbons (Fsp3) is 0.357. The molecule has 0 bridgehead atoms. The third-order valence-corrected chi connectivity index (χ3v) is 4.12. The van der Waals surface area contributed by atoms with Gasteiger partial charge in [-0.05, 0) is 36.6 Å². The molecule has 4 heteroatoms. The highest BCUT2D eigenvalue weighted by Gasteiger charge is 2.41. The van der Waals surface area contributed by atoms with Crippen molar-refractivity contribution in [3.05, 3.63) is 40.4 Å². The molecule has 0 saturated carbocycles. The molecule has 1 aromatic carbocycles. The lowest BCUT2D eigenvalue weighted by Crippen LogP contribution is -2.42. The van der Waals surface area contributed by atoms with Crippen LogP contribution < -0.4 is 5.32 Å². The van der Waals surface area contributed by atoms with Crippen LogP contribution >= 0.6 is 11.6 Å². The Kier molecular flexibility index (Phi) is 2.59. The number of anilines is 1. The van der Waals surface area contributed by atoms with E-state index in [2.05, 4.69) is 17.5 Å². The topological polar surface area (TPSA) is 49.3 Å². The van der Waals surface area contributed by atoms with Crippen molar-refractivity contribution in [3.8, 4) is 0 Å². The first-order chi connectivity index (χ1) is 8.58. The van der Waals surface area contributed by atoms with Gasteiger partial charge in [0.05, 0.1) is 0 Å². The van der Waals surface area contributed by atoms with E-state index in [1.165, 1.54) is 0 Å². The SMILES string of the molecule is Cc1cc(Cl)cc2c1NC(C(=O)O)C1CC=CC21. The number of rotatable bonds is 1. The zero-order valence-electron chi connectivity index (χ0n) is 9.98. The van der Waals surface area contributed by atoms with E-state index in [1.807, 2.05) is 19.1 Å². The standard InChI is InChI=1S/C14H14ClNO2/c1-7-5-8(15)6-11-9-3-2-4-10(9)13(14(17)18)16-12(7)11/h2-3,5-6,9-10,13,16H,4H2,1H3,(H,17,18). The van der Waals surface area contributed by atoms with Gasteiger partial charge in [0.25, 0.3) is 0 Å². The summed E-state index contributed by atoms with van der Waals surface area (Å²) in [6.45, 7) is 1.95. The van der Waals surface area contributed by atoms with Gasteiger partial charge in [0.15, 0.2) is 0 Å². The van der Waals surface area contributed by atoms with Crippen LogP contribution in [0.2, 0.25) is 5.02 Å². The summed E-state index contributed by atoms with van der Waals surface area (Å²) in [5.74, 6) is -0.527. The predicted molar refractivity (Wildman–Crippen MR) is 71.2 cm³/mol. The molecule has 0 aromatic heterocycles. The Bertz CT molecular complexity index is 553. The molecule has 0 fully saturated rings. The van der Waals surface area contributed by atoms with Crippen molar-refractivity contribution >= 4 is 23.3 Å². The van der Waals surface area contributed by atoms with Crippen molar-refractivity contribution in [2.45, 2.75) is 25.3 Å². The smallest absolute Gasteiger partial charge is 0.326 e. The average Bonchev–Trinajstić information content (AvgIpc) is 2.76. The van der Waals surface area contributed by atoms with E-state index in [4.69, 9.17) is 11.6 Å². The van der Waals surface area contributed by atoms with E-state index in [0.29, 0.717) is 5.02 Å². The number of fused-ring (bicyclic) bond motifs is 3. The molecule has 94 valence electrons. The zero-order valence-corrected chi connectivity index (χ0v) is 10.7. The van der Waals surface area contributed by atoms with Crippen molar-refractivity contribution < 1.29 is 9.90 Å². The van der Waals surface area contributed by atoms with Crippen LogP contribution in [0.15, 0.2) is 24.3 Å². The molecule has 3 unspecified atom stereocenters. The molecule has 3 rings (SSSR count). The number of aryl methyl sites for hydroxylation is 1. The number of halogens is 1. The highest BCUT2D eigenvalue weighted by Crippen LogP contribution is 2.46. The van der Waals surface area contributed by atoms with Gasteiger partial charge in [0.1, 0.15) is 6.04 Å². The molecule has 1 aliphatic carbocycles. The first-order valence-corrected chi connectivity index (χ1v) is 6.42. The lowest BCUT2D eigenvalue weighted by molar-refractivity contribution is -0.139. The van der Waals surface area contributed by atoms with Gasteiger partial charge >= 0.3 is 5.97 Å². The third kappa shape index (κ3) is 1.62. The number of allylic oxidation sites excluding steroid dienone is 2. The van der Waals surface area contributed by atoms with E-state index in [0.717, 1.165) is 23.2 Å². The molecule has 3 nitrogen and oxygen atoms in total. The third-order valence-electron chi connectivity index (χ3n) is 3.90.